The van der Waals surface area contributed by atoms with E-state index in [0.717, 1.165) is 56.3 Å². The average Bonchev–Trinajstić information content (AvgIpc) is 2.77. The van der Waals surface area contributed by atoms with E-state index in [1.54, 1.807) is 34.7 Å². The number of hydrogen-bond donors (Lipinski definition) is 1. The molecule has 1 heterocycles. The number of rotatable bonds is 6. The van der Waals surface area contributed by atoms with E-state index >= 15 is 0 Å². The van der Waals surface area contributed by atoms with E-state index < -0.39 is 10.0 Å². The number of nitrogens with one attached hydrogen (secondary N) is 1. The van der Waals surface area contributed by atoms with Crippen LogP contribution in [0.1, 0.15) is 63.4 Å². The van der Waals surface area contributed by atoms with Crippen LogP contribution in [0.3, 0.4) is 0 Å². The van der Waals surface area contributed by atoms with Gasteiger partial charge in [0, 0.05) is 24.7 Å². The van der Waals surface area contributed by atoms with Crippen molar-refractivity contribution in [2.24, 2.45) is 17.8 Å². The lowest BCUT2D eigenvalue weighted by atomic mass is 9.53. The fraction of sp³-hybridized carbons (Fsp3) is 0.640. The zero-order chi connectivity index (χ0) is 22.3. The zero-order valence-electron chi connectivity index (χ0n) is 18.9. The molecule has 1 aromatic carbocycles. The third-order valence-electron chi connectivity index (χ3n) is 7.97. The highest BCUT2D eigenvalue weighted by Crippen LogP contribution is 2.55. The number of carbonyl (C=O) groups is 1. The van der Waals surface area contributed by atoms with E-state index in [1.807, 2.05) is 0 Å². The molecule has 7 heteroatoms. The summed E-state index contributed by atoms with van der Waals surface area (Å²) < 4.78 is 33.3. The molecule has 0 atom stereocenters. The van der Waals surface area contributed by atoms with Gasteiger partial charge in [-0.3, -0.25) is 4.79 Å². The third-order valence-corrected chi connectivity index (χ3v) is 9.89. The summed E-state index contributed by atoms with van der Waals surface area (Å²) in [6.45, 7) is 1.08. The molecule has 4 saturated carbocycles. The zero-order valence-corrected chi connectivity index (χ0v) is 19.7. The van der Waals surface area contributed by atoms with Crippen molar-refractivity contribution in [3.05, 3.63) is 29.8 Å². The Labute approximate surface area is 191 Å². The Bertz CT molecular complexity index is 975. The summed E-state index contributed by atoms with van der Waals surface area (Å²) in [5.41, 5.74) is 0.654. The first-order valence-electron chi connectivity index (χ1n) is 12.1. The van der Waals surface area contributed by atoms with Crippen molar-refractivity contribution in [2.75, 3.05) is 20.2 Å². The number of nitrogens with zero attached hydrogens (tertiary/aromatic N) is 1. The molecule has 0 spiro atoms. The van der Waals surface area contributed by atoms with Crippen LogP contribution in [0.15, 0.2) is 29.2 Å². The second kappa shape index (κ2) is 8.49. The minimum atomic E-state index is -3.63. The van der Waals surface area contributed by atoms with E-state index in [1.165, 1.54) is 26.4 Å². The lowest BCUT2D eigenvalue weighted by Crippen LogP contribution is -2.59. The van der Waals surface area contributed by atoms with Gasteiger partial charge in [0.1, 0.15) is 10.6 Å². The SMILES string of the molecule is COc1ccc(/C=C/C(=O)NC23CC4CC(CC(C4)C2)C3)cc1S(=O)(=O)N1CCCCC1. The summed E-state index contributed by atoms with van der Waals surface area (Å²) in [6, 6.07) is 5.09. The number of ether oxygens (including phenoxy) is 1. The molecular weight excluding hydrogens is 424 g/mol. The van der Waals surface area contributed by atoms with Crippen LogP contribution < -0.4 is 10.1 Å². The van der Waals surface area contributed by atoms with Gasteiger partial charge in [-0.1, -0.05) is 12.5 Å². The van der Waals surface area contributed by atoms with Gasteiger partial charge in [0.15, 0.2) is 0 Å². The maximum Gasteiger partial charge on any atom is 0.246 e. The largest absolute Gasteiger partial charge is 0.495 e. The molecule has 0 aromatic heterocycles. The Morgan fingerprint density at radius 3 is 2.28 bits per heavy atom. The number of amides is 1. The van der Waals surface area contributed by atoms with E-state index in [0.29, 0.717) is 24.4 Å². The Hall–Kier alpha value is -1.86. The van der Waals surface area contributed by atoms with Crippen LogP contribution in [0.25, 0.3) is 6.08 Å². The molecule has 6 rings (SSSR count). The highest BCUT2D eigenvalue weighted by molar-refractivity contribution is 7.89. The second-order valence-electron chi connectivity index (χ2n) is 10.4. The Morgan fingerprint density at radius 2 is 1.69 bits per heavy atom. The number of carbonyl (C=O) groups excluding carboxylic acids is 1. The molecule has 1 amide bonds. The van der Waals surface area contributed by atoms with Crippen LogP contribution in [0.4, 0.5) is 0 Å². The lowest BCUT2D eigenvalue weighted by Gasteiger charge is -2.56. The molecule has 6 nitrogen and oxygen atoms in total. The maximum absolute atomic E-state index is 13.2. The van der Waals surface area contributed by atoms with E-state index in [4.69, 9.17) is 4.74 Å². The average molecular weight is 459 g/mol. The first kappa shape index (κ1) is 22.0. The fourth-order valence-corrected chi connectivity index (χ4v) is 8.69. The lowest BCUT2D eigenvalue weighted by molar-refractivity contribution is -0.122. The summed E-state index contributed by atoms with van der Waals surface area (Å²) in [5, 5.41) is 3.34. The highest BCUT2D eigenvalue weighted by Gasteiger charge is 2.51. The van der Waals surface area contributed by atoms with Gasteiger partial charge < -0.3 is 10.1 Å². The summed E-state index contributed by atoms with van der Waals surface area (Å²) in [5.74, 6) is 2.58. The van der Waals surface area contributed by atoms with Crippen molar-refractivity contribution in [1.82, 2.24) is 9.62 Å². The Balaban J connectivity index is 1.32. The van der Waals surface area contributed by atoms with Crippen molar-refractivity contribution < 1.29 is 17.9 Å². The van der Waals surface area contributed by atoms with Gasteiger partial charge in [0.2, 0.25) is 15.9 Å². The number of sulfonamides is 1. The third kappa shape index (κ3) is 4.21. The molecule has 4 aliphatic carbocycles. The summed E-state index contributed by atoms with van der Waals surface area (Å²) in [7, 11) is -2.14. The first-order chi connectivity index (χ1) is 15.4. The number of methoxy groups -OCH3 is 1. The molecule has 32 heavy (non-hydrogen) atoms. The van der Waals surface area contributed by atoms with Gasteiger partial charge in [-0.25, -0.2) is 8.42 Å². The summed E-state index contributed by atoms with van der Waals surface area (Å²) in [6.07, 6.45) is 13.4. The summed E-state index contributed by atoms with van der Waals surface area (Å²) >= 11 is 0. The smallest absolute Gasteiger partial charge is 0.246 e. The molecule has 4 bridgehead atoms. The van der Waals surface area contributed by atoms with Crippen LogP contribution in [0.5, 0.6) is 5.75 Å². The van der Waals surface area contributed by atoms with E-state index in [9.17, 15) is 13.2 Å². The molecule has 1 saturated heterocycles. The predicted molar refractivity (Wildman–Crippen MR) is 124 cm³/mol. The quantitative estimate of drug-likeness (QED) is 0.655. The van der Waals surface area contributed by atoms with E-state index in [-0.39, 0.29) is 16.3 Å². The first-order valence-corrected chi connectivity index (χ1v) is 13.5. The van der Waals surface area contributed by atoms with Gasteiger partial charge in [-0.05, 0) is 92.9 Å². The molecule has 0 radical (unpaired) electrons. The fourth-order valence-electron chi connectivity index (χ4n) is 6.98. The minimum absolute atomic E-state index is 0.0289. The normalized spacial score (nSPS) is 32.3. The Morgan fingerprint density at radius 1 is 1.06 bits per heavy atom. The van der Waals surface area contributed by atoms with Crippen molar-refractivity contribution in [2.45, 2.75) is 68.2 Å². The molecule has 174 valence electrons. The van der Waals surface area contributed by atoms with Crippen LogP contribution in [-0.4, -0.2) is 44.4 Å². The standard InChI is InChI=1S/C25H34N2O4S/c1-31-22-7-5-18(14-23(22)32(29,30)27-9-3-2-4-10-27)6-8-24(28)26-25-15-19-11-20(16-25)13-21(12-19)17-25/h5-8,14,19-21H,2-4,9-13,15-17H2,1H3,(H,26,28)/b8-6+. The monoisotopic (exact) mass is 458 g/mol. The minimum Gasteiger partial charge on any atom is -0.495 e. The second-order valence-corrected chi connectivity index (χ2v) is 12.3. The predicted octanol–water partition coefficient (Wildman–Crippen LogP) is 3.97. The molecule has 1 aliphatic heterocycles. The molecule has 5 aliphatic rings. The van der Waals surface area contributed by atoms with E-state index in [2.05, 4.69) is 5.32 Å². The maximum atomic E-state index is 13.2. The van der Waals surface area contributed by atoms with Crippen LogP contribution in [0, 0.1) is 17.8 Å². The van der Waals surface area contributed by atoms with Crippen molar-refractivity contribution in [3.8, 4) is 5.75 Å². The van der Waals surface area contributed by atoms with Gasteiger partial charge in [0.05, 0.1) is 7.11 Å². The molecule has 1 aromatic rings. The highest BCUT2D eigenvalue weighted by atomic mass is 32.2. The van der Waals surface area contributed by atoms with Gasteiger partial charge >= 0.3 is 0 Å². The molecule has 5 fully saturated rings. The molecule has 1 N–H and O–H groups in total. The van der Waals surface area contributed by atoms with Crippen LogP contribution in [-0.2, 0) is 14.8 Å². The molecular formula is C25H34N2O4S. The van der Waals surface area contributed by atoms with Gasteiger partial charge in [0.25, 0.3) is 0 Å². The molecule has 0 unspecified atom stereocenters. The number of piperidine rings is 1. The van der Waals surface area contributed by atoms with Gasteiger partial charge in [-0.15, -0.1) is 0 Å². The topological polar surface area (TPSA) is 75.7 Å². The van der Waals surface area contributed by atoms with Crippen LogP contribution >= 0.6 is 0 Å². The van der Waals surface area contributed by atoms with Crippen molar-refractivity contribution >= 4 is 22.0 Å². The van der Waals surface area contributed by atoms with Gasteiger partial charge in [-0.2, -0.15) is 4.31 Å². The van der Waals surface area contributed by atoms with Crippen molar-refractivity contribution in [1.29, 1.82) is 0 Å². The Kier molecular flexibility index (Phi) is 5.82. The van der Waals surface area contributed by atoms with Crippen molar-refractivity contribution in [3.63, 3.8) is 0 Å². The summed E-state index contributed by atoms with van der Waals surface area (Å²) in [4.78, 5) is 13.0. The number of benzene rings is 1. The number of hydrogen-bond acceptors (Lipinski definition) is 4. The van der Waals surface area contributed by atoms with Crippen LogP contribution in [0.2, 0.25) is 0 Å².